The summed E-state index contributed by atoms with van der Waals surface area (Å²) in [5, 5.41) is 0. The molecule has 152 valence electrons. The van der Waals surface area contributed by atoms with E-state index in [4.69, 9.17) is 13.6 Å². The van der Waals surface area contributed by atoms with Crippen molar-refractivity contribution in [1.82, 2.24) is 0 Å². The maximum Gasteiger partial charge on any atom is 0.474 e. The number of phosphoric acid groups is 1. The molecule has 0 spiro atoms. The monoisotopic (exact) mass is 378 g/mol. The topological polar surface area (TPSA) is 44.8 Å². The third-order valence-corrected chi connectivity index (χ3v) is 5.74. The molecule has 0 aliphatic carbocycles. The average Bonchev–Trinajstić information content (AvgIpc) is 2.61. The van der Waals surface area contributed by atoms with E-state index >= 15 is 0 Å². The summed E-state index contributed by atoms with van der Waals surface area (Å²) in [6.45, 7) is 7.96. The largest absolute Gasteiger partial charge is 0.474 e. The van der Waals surface area contributed by atoms with E-state index in [1.54, 1.807) is 0 Å². The SMILES string of the molecule is CCCCCCCCOP(=O)(OCCCCCC)OCCCCCC. The minimum Gasteiger partial charge on any atom is -0.287 e. The van der Waals surface area contributed by atoms with Gasteiger partial charge >= 0.3 is 7.82 Å². The highest BCUT2D eigenvalue weighted by molar-refractivity contribution is 7.48. The Morgan fingerprint density at radius 2 is 0.760 bits per heavy atom. The van der Waals surface area contributed by atoms with E-state index in [9.17, 15) is 4.57 Å². The Morgan fingerprint density at radius 3 is 1.12 bits per heavy atom. The lowest BCUT2D eigenvalue weighted by molar-refractivity contribution is 0.108. The van der Waals surface area contributed by atoms with Gasteiger partial charge in [-0.25, -0.2) is 4.57 Å². The summed E-state index contributed by atoms with van der Waals surface area (Å²) >= 11 is 0. The van der Waals surface area contributed by atoms with Crippen molar-refractivity contribution < 1.29 is 18.1 Å². The van der Waals surface area contributed by atoms with Gasteiger partial charge in [-0.1, -0.05) is 91.4 Å². The molecule has 0 saturated carbocycles. The van der Waals surface area contributed by atoms with Gasteiger partial charge in [0.05, 0.1) is 19.8 Å². The summed E-state index contributed by atoms with van der Waals surface area (Å²) in [5.74, 6) is 0. The molecule has 0 N–H and O–H groups in total. The zero-order valence-electron chi connectivity index (χ0n) is 17.1. The highest BCUT2D eigenvalue weighted by Crippen LogP contribution is 2.50. The second kappa shape index (κ2) is 18.9. The van der Waals surface area contributed by atoms with Gasteiger partial charge in [-0.2, -0.15) is 0 Å². The summed E-state index contributed by atoms with van der Waals surface area (Å²) in [6.07, 6.45) is 15.8. The highest BCUT2D eigenvalue weighted by Gasteiger charge is 2.26. The summed E-state index contributed by atoms with van der Waals surface area (Å²) in [7, 11) is -3.38. The van der Waals surface area contributed by atoms with Crippen molar-refractivity contribution in [2.24, 2.45) is 0 Å². The van der Waals surface area contributed by atoms with Crippen molar-refractivity contribution in [1.29, 1.82) is 0 Å². The molecule has 25 heavy (non-hydrogen) atoms. The summed E-state index contributed by atoms with van der Waals surface area (Å²) in [6, 6.07) is 0. The van der Waals surface area contributed by atoms with Crippen molar-refractivity contribution in [2.45, 2.75) is 111 Å². The Hall–Kier alpha value is 0.110. The molecule has 0 saturated heterocycles. The van der Waals surface area contributed by atoms with Crippen molar-refractivity contribution in [2.75, 3.05) is 19.8 Å². The van der Waals surface area contributed by atoms with E-state index < -0.39 is 7.82 Å². The van der Waals surface area contributed by atoms with Crippen LogP contribution in [-0.4, -0.2) is 19.8 Å². The molecule has 0 heterocycles. The maximum absolute atomic E-state index is 12.7. The van der Waals surface area contributed by atoms with Gasteiger partial charge in [-0.3, -0.25) is 13.6 Å². The van der Waals surface area contributed by atoms with Gasteiger partial charge in [0, 0.05) is 0 Å². The zero-order valence-corrected chi connectivity index (χ0v) is 18.0. The van der Waals surface area contributed by atoms with Crippen LogP contribution in [0.3, 0.4) is 0 Å². The molecule has 0 fully saturated rings. The molecular formula is C20H43O4P. The third kappa shape index (κ3) is 17.3. The number of rotatable bonds is 20. The molecule has 0 bridgehead atoms. The van der Waals surface area contributed by atoms with Crippen molar-refractivity contribution in [3.8, 4) is 0 Å². The molecule has 0 rings (SSSR count). The van der Waals surface area contributed by atoms with Crippen LogP contribution in [0, 0.1) is 0 Å². The summed E-state index contributed by atoms with van der Waals surface area (Å²) < 4.78 is 29.4. The number of hydrogen-bond acceptors (Lipinski definition) is 4. The first kappa shape index (κ1) is 25.1. The Morgan fingerprint density at radius 1 is 0.480 bits per heavy atom. The predicted octanol–water partition coefficient (Wildman–Crippen LogP) is 7.67. The molecule has 0 aromatic carbocycles. The lowest BCUT2D eigenvalue weighted by Gasteiger charge is -2.18. The Labute approximate surface area is 157 Å². The van der Waals surface area contributed by atoms with E-state index in [-0.39, 0.29) is 0 Å². The molecule has 0 unspecified atom stereocenters. The fourth-order valence-corrected chi connectivity index (χ4v) is 3.86. The number of hydrogen-bond donors (Lipinski definition) is 0. The van der Waals surface area contributed by atoms with Crippen LogP contribution in [0.2, 0.25) is 0 Å². The van der Waals surface area contributed by atoms with E-state index in [0.29, 0.717) is 19.8 Å². The number of phosphoric ester groups is 1. The van der Waals surface area contributed by atoms with Crippen molar-refractivity contribution in [3.05, 3.63) is 0 Å². The number of unbranched alkanes of at least 4 members (excludes halogenated alkanes) is 11. The first-order valence-electron chi connectivity index (χ1n) is 10.7. The molecule has 5 heteroatoms. The van der Waals surface area contributed by atoms with Gasteiger partial charge in [0.1, 0.15) is 0 Å². The summed E-state index contributed by atoms with van der Waals surface area (Å²) in [4.78, 5) is 0. The van der Waals surface area contributed by atoms with Gasteiger partial charge in [0.25, 0.3) is 0 Å². The van der Waals surface area contributed by atoms with Crippen molar-refractivity contribution >= 4 is 7.82 Å². The quantitative estimate of drug-likeness (QED) is 0.161. The lowest BCUT2D eigenvalue weighted by Crippen LogP contribution is -2.04. The minimum atomic E-state index is -3.38. The normalized spacial score (nSPS) is 12.0. The van der Waals surface area contributed by atoms with Crippen LogP contribution in [0.1, 0.15) is 111 Å². The van der Waals surface area contributed by atoms with Crippen LogP contribution in [-0.2, 0) is 18.1 Å². The van der Waals surface area contributed by atoms with Crippen molar-refractivity contribution in [3.63, 3.8) is 0 Å². The molecule has 0 aromatic rings. The van der Waals surface area contributed by atoms with Crippen LogP contribution < -0.4 is 0 Å². The Bertz CT molecular complexity index is 292. The van der Waals surface area contributed by atoms with E-state index in [1.807, 2.05) is 0 Å². The van der Waals surface area contributed by atoms with Gasteiger partial charge in [0.2, 0.25) is 0 Å². The molecule has 0 amide bonds. The van der Waals surface area contributed by atoms with Gasteiger partial charge < -0.3 is 0 Å². The molecule has 0 aliphatic rings. The van der Waals surface area contributed by atoms with Crippen LogP contribution in [0.15, 0.2) is 0 Å². The average molecular weight is 379 g/mol. The van der Waals surface area contributed by atoms with Crippen LogP contribution in [0.5, 0.6) is 0 Å². The molecule has 0 aromatic heterocycles. The first-order chi connectivity index (χ1) is 12.2. The second-order valence-electron chi connectivity index (χ2n) is 6.84. The molecule has 0 radical (unpaired) electrons. The first-order valence-corrected chi connectivity index (χ1v) is 12.2. The fourth-order valence-electron chi connectivity index (χ4n) is 2.58. The minimum absolute atomic E-state index is 0.461. The Balaban J connectivity index is 4.01. The molecule has 0 aliphatic heterocycles. The summed E-state index contributed by atoms with van der Waals surface area (Å²) in [5.41, 5.74) is 0. The fraction of sp³-hybridized carbons (Fsp3) is 1.00. The van der Waals surface area contributed by atoms with E-state index in [2.05, 4.69) is 20.8 Å². The second-order valence-corrected chi connectivity index (χ2v) is 8.50. The standard InChI is InChI=1S/C20H43O4P/c1-4-7-10-13-14-17-20-24-25(21,22-18-15-11-8-5-2)23-19-16-12-9-6-3/h4-20H2,1-3H3. The predicted molar refractivity (Wildman–Crippen MR) is 107 cm³/mol. The zero-order chi connectivity index (χ0) is 18.6. The molecule has 4 nitrogen and oxygen atoms in total. The van der Waals surface area contributed by atoms with Crippen LogP contribution in [0.4, 0.5) is 0 Å². The smallest absolute Gasteiger partial charge is 0.287 e. The molecule has 0 atom stereocenters. The van der Waals surface area contributed by atoms with Gasteiger partial charge in [-0.15, -0.1) is 0 Å². The Kier molecular flexibility index (Phi) is 19.0. The lowest BCUT2D eigenvalue weighted by atomic mass is 10.1. The van der Waals surface area contributed by atoms with E-state index in [1.165, 1.54) is 51.4 Å². The van der Waals surface area contributed by atoms with Gasteiger partial charge in [-0.05, 0) is 19.3 Å². The van der Waals surface area contributed by atoms with Crippen LogP contribution in [0.25, 0.3) is 0 Å². The highest BCUT2D eigenvalue weighted by atomic mass is 31.2. The van der Waals surface area contributed by atoms with Gasteiger partial charge in [0.15, 0.2) is 0 Å². The molecular weight excluding hydrogens is 335 g/mol. The van der Waals surface area contributed by atoms with Crippen LogP contribution >= 0.6 is 7.82 Å². The van der Waals surface area contributed by atoms with E-state index in [0.717, 1.165) is 38.5 Å². The third-order valence-electron chi connectivity index (χ3n) is 4.24. The maximum atomic E-state index is 12.7.